The Hall–Kier alpha value is -13.4. The lowest BCUT2D eigenvalue weighted by molar-refractivity contribution is 0.669. The van der Waals surface area contributed by atoms with Gasteiger partial charge in [-0.1, -0.05) is 279 Å². The summed E-state index contributed by atoms with van der Waals surface area (Å²) in [7, 11) is 0. The van der Waals surface area contributed by atoms with Crippen molar-refractivity contribution >= 4 is 139 Å². The lowest BCUT2D eigenvalue weighted by Gasteiger charge is -2.46. The molecule has 2 aliphatic heterocycles. The van der Waals surface area contributed by atoms with Crippen LogP contribution >= 0.6 is 0 Å². The van der Waals surface area contributed by atoms with Gasteiger partial charge in [0.2, 0.25) is 0 Å². The first-order valence-electron chi connectivity index (χ1n) is 35.2. The van der Waals surface area contributed by atoms with Gasteiger partial charge >= 0.3 is 0 Å². The van der Waals surface area contributed by atoms with E-state index in [-0.39, 0.29) is 6.71 Å². The fraction of sp³-hybridized carbons (Fsp3) is 0. The summed E-state index contributed by atoms with van der Waals surface area (Å²) in [5.74, 6) is 0. The van der Waals surface area contributed by atoms with E-state index >= 15 is 0 Å². The van der Waals surface area contributed by atoms with Gasteiger partial charge in [-0.05, 0) is 140 Å². The van der Waals surface area contributed by atoms with E-state index < -0.39 is 0 Å². The van der Waals surface area contributed by atoms with E-state index in [1.165, 1.54) is 65.3 Å². The molecule has 22 rings (SSSR count). The minimum Gasteiger partial charge on any atom is -0.456 e. The molecule has 0 unspecified atom stereocenters. The summed E-state index contributed by atoms with van der Waals surface area (Å²) in [6, 6.07) is 134. The molecule has 0 fully saturated rings. The van der Waals surface area contributed by atoms with E-state index in [0.717, 1.165) is 140 Å². The van der Waals surface area contributed by atoms with Gasteiger partial charge in [0.05, 0.1) is 39.0 Å². The molecule has 4 aromatic heterocycles. The zero-order valence-electron chi connectivity index (χ0n) is 55.3. The number of anilines is 6. The van der Waals surface area contributed by atoms with E-state index in [0.29, 0.717) is 0 Å². The van der Waals surface area contributed by atoms with Gasteiger partial charge in [-0.15, -0.1) is 0 Å². The third-order valence-corrected chi connectivity index (χ3v) is 22.0. The standard InChI is InChI=1S/C96H59BN4O/c1-5-24-60(25-6-1)69-36-21-37-70(61-26-7-2-8-27-61)94(69)100-87-56-66(64-48-53-92-80(55-64)76-35-16-20-45-91(76)102-92)46-50-81(87)97-82-51-49-68(98-83-42-17-13-32-73(83)74-33-14-18-43-84(74)98)59-88(82)101(95-71(62-28-9-3-10-29-62)38-22-39-72(95)63-30-11-4-12-31-63)90-58-67(57-89(100)93(90)97)65-47-52-86-79(54-65)78-41-23-40-77-75-34-15-19-44-85(75)99(86)96(77)78/h1-59H. The van der Waals surface area contributed by atoms with Crippen LogP contribution in [0.3, 0.4) is 0 Å². The van der Waals surface area contributed by atoms with Gasteiger partial charge in [0.1, 0.15) is 11.2 Å². The van der Waals surface area contributed by atoms with Gasteiger partial charge in [0.15, 0.2) is 0 Å². The first-order valence-corrected chi connectivity index (χ1v) is 35.2. The maximum absolute atomic E-state index is 6.52. The van der Waals surface area contributed by atoms with E-state index in [9.17, 15) is 0 Å². The van der Waals surface area contributed by atoms with Crippen LogP contribution in [0.2, 0.25) is 0 Å². The molecule has 6 heteroatoms. The molecule has 0 saturated heterocycles. The van der Waals surface area contributed by atoms with Gasteiger partial charge in [-0.2, -0.15) is 0 Å². The molecule has 2 aliphatic rings. The Morgan fingerprint density at radius 2 is 0.627 bits per heavy atom. The maximum atomic E-state index is 6.52. The first kappa shape index (κ1) is 56.6. The quantitative estimate of drug-likeness (QED) is 0.135. The number of aromatic nitrogens is 2. The molecule has 6 heterocycles. The molecule has 0 radical (unpaired) electrons. The summed E-state index contributed by atoms with van der Waals surface area (Å²) >= 11 is 0. The highest BCUT2D eigenvalue weighted by molar-refractivity contribution is 7.00. The normalized spacial score (nSPS) is 12.6. The number of furan rings is 1. The Morgan fingerprint density at radius 3 is 1.21 bits per heavy atom. The largest absolute Gasteiger partial charge is 0.456 e. The highest BCUT2D eigenvalue weighted by atomic mass is 16.3. The van der Waals surface area contributed by atoms with Gasteiger partial charge in [-0.3, -0.25) is 0 Å². The lowest BCUT2D eigenvalue weighted by atomic mass is 9.33. The van der Waals surface area contributed by atoms with E-state index in [1.807, 2.05) is 0 Å². The zero-order chi connectivity index (χ0) is 66.7. The molecule has 0 bridgehead atoms. The second-order valence-corrected chi connectivity index (χ2v) is 27.4. The van der Waals surface area contributed by atoms with Crippen molar-refractivity contribution in [3.05, 3.63) is 358 Å². The van der Waals surface area contributed by atoms with Gasteiger partial charge in [-0.25, -0.2) is 0 Å². The van der Waals surface area contributed by atoms with Crippen LogP contribution in [0.4, 0.5) is 34.1 Å². The smallest absolute Gasteiger partial charge is 0.252 e. The first-order chi connectivity index (χ1) is 50.6. The minimum atomic E-state index is -0.256. The molecular weight excluding hydrogens is 1240 g/mol. The number of hydrogen-bond donors (Lipinski definition) is 0. The summed E-state index contributed by atoms with van der Waals surface area (Å²) in [4.78, 5) is 5.36. The molecule has 16 aromatic carbocycles. The predicted molar refractivity (Wildman–Crippen MR) is 429 cm³/mol. The number of benzene rings is 16. The molecule has 102 heavy (non-hydrogen) atoms. The van der Waals surface area contributed by atoms with Crippen molar-refractivity contribution in [3.63, 3.8) is 0 Å². The number of fused-ring (bicyclic) bond motifs is 16. The fourth-order valence-corrected chi connectivity index (χ4v) is 17.6. The van der Waals surface area contributed by atoms with Crippen LogP contribution in [-0.4, -0.2) is 15.7 Å². The van der Waals surface area contributed by atoms with Crippen molar-refractivity contribution in [2.24, 2.45) is 0 Å². The van der Waals surface area contributed by atoms with Crippen molar-refractivity contribution in [3.8, 4) is 72.4 Å². The van der Waals surface area contributed by atoms with E-state index in [1.54, 1.807) is 0 Å². The van der Waals surface area contributed by atoms with Crippen LogP contribution in [0, 0.1) is 0 Å². The predicted octanol–water partition coefficient (Wildman–Crippen LogP) is 23.9. The summed E-state index contributed by atoms with van der Waals surface area (Å²) in [6.45, 7) is -0.256. The molecule has 0 spiro atoms. The molecule has 0 atom stereocenters. The van der Waals surface area contributed by atoms with Crippen molar-refractivity contribution in [2.75, 3.05) is 9.80 Å². The molecule has 0 N–H and O–H groups in total. The highest BCUT2D eigenvalue weighted by Crippen LogP contribution is 2.55. The topological polar surface area (TPSA) is 29.0 Å². The van der Waals surface area contributed by atoms with E-state index in [4.69, 9.17) is 4.42 Å². The molecule has 0 saturated carbocycles. The third-order valence-electron chi connectivity index (χ3n) is 22.0. The van der Waals surface area contributed by atoms with Crippen LogP contribution in [-0.2, 0) is 0 Å². The molecule has 0 aliphatic carbocycles. The molecule has 20 aromatic rings. The molecule has 5 nitrogen and oxygen atoms in total. The Morgan fingerprint density at radius 1 is 0.235 bits per heavy atom. The van der Waals surface area contributed by atoms with Crippen LogP contribution in [0.5, 0.6) is 0 Å². The van der Waals surface area contributed by atoms with Gasteiger partial charge in [0, 0.05) is 93.8 Å². The van der Waals surface area contributed by atoms with Gasteiger partial charge in [0.25, 0.3) is 6.71 Å². The Bertz CT molecular complexity index is 6660. The van der Waals surface area contributed by atoms with Crippen molar-refractivity contribution in [2.45, 2.75) is 0 Å². The molecule has 0 amide bonds. The third kappa shape index (κ3) is 8.29. The Balaban J connectivity index is 0.909. The summed E-state index contributed by atoms with van der Waals surface area (Å²) in [5, 5.41) is 9.63. The Kier molecular flexibility index (Phi) is 12.2. The number of rotatable bonds is 9. The molecule has 472 valence electrons. The Labute approximate surface area is 588 Å². The van der Waals surface area contributed by atoms with Crippen LogP contribution in [0.1, 0.15) is 0 Å². The average molecular weight is 1300 g/mol. The number of hydrogen-bond acceptors (Lipinski definition) is 3. The summed E-state index contributed by atoms with van der Waals surface area (Å²) in [5.41, 5.74) is 32.6. The zero-order valence-corrected chi connectivity index (χ0v) is 55.3. The van der Waals surface area contributed by atoms with Crippen molar-refractivity contribution in [1.82, 2.24) is 8.97 Å². The summed E-state index contributed by atoms with van der Waals surface area (Å²) in [6.07, 6.45) is 0. The van der Waals surface area contributed by atoms with Crippen LogP contribution in [0.25, 0.3) is 154 Å². The minimum absolute atomic E-state index is 0.256. The lowest BCUT2D eigenvalue weighted by Crippen LogP contribution is -2.61. The second-order valence-electron chi connectivity index (χ2n) is 27.4. The van der Waals surface area contributed by atoms with Crippen LogP contribution in [0.15, 0.2) is 362 Å². The van der Waals surface area contributed by atoms with Crippen molar-refractivity contribution in [1.29, 1.82) is 0 Å². The monoisotopic (exact) mass is 1290 g/mol. The fourth-order valence-electron chi connectivity index (χ4n) is 17.6. The highest BCUT2D eigenvalue weighted by Gasteiger charge is 2.46. The number of para-hydroxylation sites is 7. The summed E-state index contributed by atoms with van der Waals surface area (Å²) < 4.78 is 11.5. The second kappa shape index (κ2) is 22.0. The average Bonchev–Trinajstić information content (AvgIpc) is 0.937. The van der Waals surface area contributed by atoms with Crippen LogP contribution < -0.4 is 26.2 Å². The van der Waals surface area contributed by atoms with Gasteiger partial charge < -0.3 is 23.2 Å². The SMILES string of the molecule is c1ccc(-c2cccc(-c3ccccc3)c2N2c3cc(-c4ccc5oc6ccccc6c5c4)ccc3B3c4ccc(-n5c6ccccc6c6ccccc65)cc4N(c4c(-c5ccccc5)cccc4-c4ccccc4)c4cc(-c5ccc6c(c5)c5cccc7c8ccccc8n6c75)cc2c43)cc1. The van der Waals surface area contributed by atoms with Crippen molar-refractivity contribution < 1.29 is 4.42 Å². The van der Waals surface area contributed by atoms with E-state index in [2.05, 4.69) is 377 Å². The number of nitrogens with zero attached hydrogens (tertiary/aromatic N) is 4. The maximum Gasteiger partial charge on any atom is 0.252 e. The molecular formula is C96H59BN4O.